The van der Waals surface area contributed by atoms with Gasteiger partial charge in [0.2, 0.25) is 0 Å². The Bertz CT molecular complexity index is 1750. The van der Waals surface area contributed by atoms with Crippen LogP contribution in [0.3, 0.4) is 0 Å². The van der Waals surface area contributed by atoms with Crippen LogP contribution in [0.4, 0.5) is 5.82 Å². The van der Waals surface area contributed by atoms with Gasteiger partial charge in [0.05, 0.1) is 42.8 Å². The van der Waals surface area contributed by atoms with Crippen LogP contribution in [0, 0.1) is 0 Å². The van der Waals surface area contributed by atoms with Crippen molar-refractivity contribution in [3.8, 4) is 5.75 Å². The molecule has 14 nitrogen and oxygen atoms in total. The molecule has 0 radical (unpaired) electrons. The van der Waals surface area contributed by atoms with Crippen molar-refractivity contribution in [3.05, 3.63) is 60.7 Å². The molecule has 5 N–H and O–H groups in total. The topological polar surface area (TPSA) is 181 Å². The summed E-state index contributed by atoms with van der Waals surface area (Å²) in [6.07, 6.45) is 4.32. The fourth-order valence-electron chi connectivity index (χ4n) is 6.15. The third-order valence-corrected chi connectivity index (χ3v) is 10.3. The molecule has 2 aliphatic rings. The van der Waals surface area contributed by atoms with Crippen LogP contribution >= 0.6 is 7.52 Å². The Balaban J connectivity index is 1.14. The molecule has 0 amide bonds. The number of carbonyl (C=O) groups is 1. The van der Waals surface area contributed by atoms with Crippen LogP contribution in [0.25, 0.3) is 16.4 Å². The molecule has 15 heteroatoms. The van der Waals surface area contributed by atoms with Crippen LogP contribution < -0.4 is 20.2 Å². The Labute approximate surface area is 272 Å². The summed E-state index contributed by atoms with van der Waals surface area (Å²) in [6.45, 7) is 4.88. The predicted octanol–water partition coefficient (Wildman–Crippen LogP) is 3.54. The second kappa shape index (κ2) is 14.2. The number of hydrogen-bond donors (Lipinski definition) is 5. The normalized spacial score (nSPS) is 23.7. The molecular weight excluding hydrogens is 625 g/mol. The van der Waals surface area contributed by atoms with Crippen molar-refractivity contribution >= 4 is 35.7 Å². The lowest BCUT2D eigenvalue weighted by atomic mass is 10.1. The van der Waals surface area contributed by atoms with Crippen LogP contribution in [-0.2, 0) is 18.8 Å². The van der Waals surface area contributed by atoms with Crippen molar-refractivity contribution in [3.63, 3.8) is 0 Å². The van der Waals surface area contributed by atoms with Gasteiger partial charge < -0.3 is 29.5 Å². The number of carbonyl (C=O) groups excluding carboxylic acids is 1. The van der Waals surface area contributed by atoms with E-state index < -0.39 is 50.2 Å². The Kier molecular flexibility index (Phi) is 10.1. The fraction of sp³-hybridized carbons (Fsp3) is 0.500. The zero-order chi connectivity index (χ0) is 33.1. The van der Waals surface area contributed by atoms with Gasteiger partial charge in [0.15, 0.2) is 11.5 Å². The average Bonchev–Trinajstić information content (AvgIpc) is 3.78. The Morgan fingerprint density at radius 2 is 1.85 bits per heavy atom. The summed E-state index contributed by atoms with van der Waals surface area (Å²) in [5.74, 6) is 0.366. The number of rotatable bonds is 13. The molecule has 1 aliphatic heterocycles. The molecule has 2 aromatic carbocycles. The minimum Gasteiger partial charge on any atom is -0.462 e. The molecule has 4 aromatic rings. The third-order valence-electron chi connectivity index (χ3n) is 8.47. The van der Waals surface area contributed by atoms with E-state index in [-0.39, 0.29) is 12.7 Å². The summed E-state index contributed by atoms with van der Waals surface area (Å²) in [7, 11) is -3.86. The van der Waals surface area contributed by atoms with Crippen molar-refractivity contribution in [2.75, 3.05) is 18.3 Å². The first-order valence-corrected chi connectivity index (χ1v) is 17.8. The van der Waals surface area contributed by atoms with Crippen LogP contribution in [0.5, 0.6) is 5.75 Å². The molecule has 1 unspecified atom stereocenters. The number of anilines is 1. The molecule has 2 aromatic heterocycles. The minimum absolute atomic E-state index is 0.119. The number of imidazole rings is 1. The number of aliphatic hydroxyl groups excluding tert-OH is 2. The molecule has 0 bridgehead atoms. The van der Waals surface area contributed by atoms with Crippen molar-refractivity contribution in [2.24, 2.45) is 0 Å². The number of benzene rings is 2. The number of aliphatic hydroxyl groups is 2. The maximum Gasteiger partial charge on any atom is 0.342 e. The average molecular weight is 668 g/mol. The Hall–Kier alpha value is -3.65. The number of esters is 1. The minimum atomic E-state index is -3.86. The first-order chi connectivity index (χ1) is 22.6. The highest BCUT2D eigenvalue weighted by atomic mass is 31.2. The molecule has 0 spiro atoms. The van der Waals surface area contributed by atoms with E-state index >= 15 is 0 Å². The zero-order valence-corrected chi connectivity index (χ0v) is 27.5. The van der Waals surface area contributed by atoms with Crippen molar-refractivity contribution in [1.82, 2.24) is 30.0 Å². The molecule has 6 rings (SSSR count). The van der Waals surface area contributed by atoms with Gasteiger partial charge in [0, 0.05) is 6.04 Å². The fourth-order valence-corrected chi connectivity index (χ4v) is 7.82. The van der Waals surface area contributed by atoms with E-state index in [9.17, 15) is 19.6 Å². The lowest BCUT2D eigenvalue weighted by Crippen LogP contribution is -2.39. The van der Waals surface area contributed by atoms with E-state index in [0.29, 0.717) is 29.0 Å². The lowest BCUT2D eigenvalue weighted by molar-refractivity contribution is -0.149. The summed E-state index contributed by atoms with van der Waals surface area (Å²) in [6, 6.07) is 10.9. The van der Waals surface area contributed by atoms with Crippen molar-refractivity contribution in [2.45, 2.75) is 88.9 Å². The van der Waals surface area contributed by atoms with E-state index in [1.165, 1.54) is 19.2 Å². The number of fused-ring (bicyclic) bond motifs is 2. The summed E-state index contributed by atoms with van der Waals surface area (Å²) >= 11 is 0. The maximum atomic E-state index is 14.2. The third kappa shape index (κ3) is 7.58. The lowest BCUT2D eigenvalue weighted by Gasteiger charge is -2.25. The van der Waals surface area contributed by atoms with E-state index in [0.717, 1.165) is 23.6 Å². The number of hydrogen-bond acceptors (Lipinski definition) is 12. The summed E-state index contributed by atoms with van der Waals surface area (Å²) in [5, 5.41) is 37.7. The van der Waals surface area contributed by atoms with E-state index in [2.05, 4.69) is 30.8 Å². The highest BCUT2D eigenvalue weighted by Crippen LogP contribution is 2.44. The number of nitrogens with zero attached hydrogens (tertiary/aromatic N) is 4. The van der Waals surface area contributed by atoms with E-state index in [4.69, 9.17) is 14.0 Å². The Morgan fingerprint density at radius 3 is 2.62 bits per heavy atom. The second-order valence-corrected chi connectivity index (χ2v) is 14.5. The van der Waals surface area contributed by atoms with Crippen LogP contribution in [0.2, 0.25) is 0 Å². The SMILES string of the molecule is CC(C)OC(=O)[C@H](C)NP(=O)(COC[C@H]1N[C@@H](c2cnc3c(NC4CCCC4)ncnn23)[C@H](O)[C@@H]1O)Oc1ccc2ccccc2c1. The second-order valence-electron chi connectivity index (χ2n) is 12.5. The van der Waals surface area contributed by atoms with Gasteiger partial charge in [-0.2, -0.15) is 5.10 Å². The quantitative estimate of drug-likeness (QED) is 0.103. The summed E-state index contributed by atoms with van der Waals surface area (Å²) < 4.78 is 32.9. The first-order valence-electron chi connectivity index (χ1n) is 16.0. The molecular formula is C32H42N7O7P. The smallest absolute Gasteiger partial charge is 0.342 e. The largest absolute Gasteiger partial charge is 0.462 e. The highest BCUT2D eigenvalue weighted by molar-refractivity contribution is 7.57. The highest BCUT2D eigenvalue weighted by Gasteiger charge is 2.44. The number of ether oxygens (including phenoxy) is 2. The van der Waals surface area contributed by atoms with Gasteiger partial charge in [0.25, 0.3) is 0 Å². The molecule has 1 saturated heterocycles. The standard InChI is InChI=1S/C32H42N7O7P/c1-19(2)45-32(42)20(3)38-47(43,46-24-13-12-21-8-4-5-9-22(21)14-24)18-44-16-25-28(40)29(41)27(37-25)26-15-33-31-30(34-17-35-39(26)31)36-23-10-6-7-11-23/h4-5,8-9,12-15,17,19-20,23,25,27-29,37,40-41H,6-7,10-11,16,18H2,1-3H3,(H,38,43)(H,34,35,36)/t20-,25+,27-,28+,29-,47?/m0/s1. The van der Waals surface area contributed by atoms with Gasteiger partial charge in [0.1, 0.15) is 30.6 Å². The predicted molar refractivity (Wildman–Crippen MR) is 175 cm³/mol. The van der Waals surface area contributed by atoms with E-state index in [1.807, 2.05) is 30.3 Å². The summed E-state index contributed by atoms with van der Waals surface area (Å²) in [5.41, 5.74) is 1.08. The monoisotopic (exact) mass is 667 g/mol. The maximum absolute atomic E-state index is 14.2. The molecule has 3 heterocycles. The molecule has 2 fully saturated rings. The van der Waals surface area contributed by atoms with Gasteiger partial charge in [-0.05, 0) is 56.5 Å². The molecule has 6 atom stereocenters. The number of aromatic nitrogens is 4. The summed E-state index contributed by atoms with van der Waals surface area (Å²) in [4.78, 5) is 21.5. The molecule has 47 heavy (non-hydrogen) atoms. The molecule has 1 aliphatic carbocycles. The zero-order valence-electron chi connectivity index (χ0n) is 26.7. The van der Waals surface area contributed by atoms with Crippen LogP contribution in [0.15, 0.2) is 55.0 Å². The van der Waals surface area contributed by atoms with Gasteiger partial charge in [-0.15, -0.1) is 0 Å². The number of nitrogens with one attached hydrogen (secondary N) is 3. The van der Waals surface area contributed by atoms with Gasteiger partial charge in [-0.3, -0.25) is 14.7 Å². The van der Waals surface area contributed by atoms with Gasteiger partial charge in [-0.1, -0.05) is 43.2 Å². The van der Waals surface area contributed by atoms with E-state index in [1.54, 1.807) is 43.6 Å². The van der Waals surface area contributed by atoms with Crippen LogP contribution in [0.1, 0.15) is 58.2 Å². The van der Waals surface area contributed by atoms with Crippen LogP contribution in [-0.4, -0.2) is 85.2 Å². The Morgan fingerprint density at radius 1 is 1.09 bits per heavy atom. The molecule has 252 valence electrons. The molecule has 1 saturated carbocycles. The van der Waals surface area contributed by atoms with Gasteiger partial charge >= 0.3 is 13.5 Å². The van der Waals surface area contributed by atoms with Crippen molar-refractivity contribution in [1.29, 1.82) is 0 Å². The first kappa shape index (κ1) is 33.3. The van der Waals surface area contributed by atoms with Crippen molar-refractivity contribution < 1.29 is 33.6 Å². The van der Waals surface area contributed by atoms with Gasteiger partial charge in [-0.25, -0.2) is 19.6 Å².